The molecule has 5 rings (SSSR count). The lowest BCUT2D eigenvalue weighted by Crippen LogP contribution is -2.37. The Morgan fingerprint density at radius 3 is 2.71 bits per heavy atom. The van der Waals surface area contributed by atoms with Gasteiger partial charge in [-0.1, -0.05) is 17.7 Å². The van der Waals surface area contributed by atoms with Crippen molar-refractivity contribution in [3.05, 3.63) is 68.6 Å². The molecule has 4 heterocycles. The van der Waals surface area contributed by atoms with E-state index in [1.54, 1.807) is 32.3 Å². The molecule has 0 aliphatic carbocycles. The minimum atomic E-state index is -0.649. The topological polar surface area (TPSA) is 125 Å². The first-order valence-corrected chi connectivity index (χ1v) is 14.7. The van der Waals surface area contributed by atoms with E-state index in [1.807, 2.05) is 6.92 Å². The Hall–Kier alpha value is -3.25. The number of halogens is 2. The zero-order valence-corrected chi connectivity index (χ0v) is 25.7. The summed E-state index contributed by atoms with van der Waals surface area (Å²) in [5, 5.41) is 13.5. The smallest absolute Gasteiger partial charge is 0.163 e. The number of nitrogens with one attached hydrogen (secondary N) is 1. The second-order valence-corrected chi connectivity index (χ2v) is 11.3. The lowest BCUT2D eigenvalue weighted by molar-refractivity contribution is 0.108. The van der Waals surface area contributed by atoms with Gasteiger partial charge in [-0.2, -0.15) is 0 Å². The Bertz CT molecular complexity index is 1490. The van der Waals surface area contributed by atoms with Crippen LogP contribution in [-0.2, 0) is 13.1 Å². The standard InChI is InChI=1S/C29H34BrClN8O2/c1-17-26(27(34-3)22(30)12-32)36-28(21-11-20(6-7-23(21)31)41-16-19(40)13-33-2)37-29(17)39-14-18-5-8-25(35-24(18)15-39)38-9-4-10-38/h5-8,11-12,19,33,40H,4,9-10,13-16,32H2,1-3H3/t19-/m1/s1. The molecule has 216 valence electrons. The molecule has 2 aliphatic rings. The van der Waals surface area contributed by atoms with Gasteiger partial charge in [0.05, 0.1) is 33.1 Å². The van der Waals surface area contributed by atoms with Gasteiger partial charge in [0.2, 0.25) is 0 Å². The fourth-order valence-electron chi connectivity index (χ4n) is 4.93. The molecule has 2 aliphatic heterocycles. The normalized spacial score (nSPS) is 16.0. The van der Waals surface area contributed by atoms with E-state index in [1.165, 1.54) is 18.2 Å². The third-order valence-electron chi connectivity index (χ3n) is 7.24. The zero-order valence-electron chi connectivity index (χ0n) is 23.4. The SMILES string of the molecule is CN=C(C(Br)=CN)c1nc(-c2cc(OC[C@H](O)CNC)ccc2Cl)nc(N2Cc3ccc(N4CCC4)nc3C2)c1C. The van der Waals surface area contributed by atoms with Crippen LogP contribution >= 0.6 is 27.5 Å². The second kappa shape index (κ2) is 12.7. The van der Waals surface area contributed by atoms with Crippen LogP contribution in [0.15, 0.2) is 46.0 Å². The number of fused-ring (bicyclic) bond motifs is 1. The highest BCUT2D eigenvalue weighted by Gasteiger charge is 2.28. The van der Waals surface area contributed by atoms with Crippen molar-refractivity contribution >= 4 is 44.9 Å². The van der Waals surface area contributed by atoms with Crippen LogP contribution in [0, 0.1) is 6.92 Å². The lowest BCUT2D eigenvalue weighted by Gasteiger charge is -2.32. The predicted octanol–water partition coefficient (Wildman–Crippen LogP) is 3.80. The molecule has 1 fully saturated rings. The van der Waals surface area contributed by atoms with Gasteiger partial charge in [-0.25, -0.2) is 15.0 Å². The minimum Gasteiger partial charge on any atom is -0.491 e. The molecular weight excluding hydrogens is 608 g/mol. The molecule has 2 aromatic heterocycles. The third kappa shape index (κ3) is 6.18. The number of aliphatic hydroxyl groups is 1. The second-order valence-electron chi connectivity index (χ2n) is 10.1. The van der Waals surface area contributed by atoms with Gasteiger partial charge in [0.25, 0.3) is 0 Å². The van der Waals surface area contributed by atoms with Crippen LogP contribution in [0.5, 0.6) is 5.75 Å². The van der Waals surface area contributed by atoms with Crippen LogP contribution in [0.4, 0.5) is 11.6 Å². The average molecular weight is 642 g/mol. The number of aliphatic hydroxyl groups excluding tert-OH is 1. The molecule has 3 aromatic rings. The number of aliphatic imine (C=N–C) groups is 1. The van der Waals surface area contributed by atoms with Crippen molar-refractivity contribution in [2.75, 3.05) is 50.1 Å². The molecule has 1 aromatic carbocycles. The number of hydrogen-bond acceptors (Lipinski definition) is 10. The number of nitrogens with two attached hydrogens (primary N) is 1. The highest BCUT2D eigenvalue weighted by atomic mass is 79.9. The van der Waals surface area contributed by atoms with Crippen LogP contribution < -0.4 is 25.6 Å². The van der Waals surface area contributed by atoms with Crippen molar-refractivity contribution in [3.8, 4) is 17.1 Å². The predicted molar refractivity (Wildman–Crippen MR) is 167 cm³/mol. The van der Waals surface area contributed by atoms with E-state index in [-0.39, 0.29) is 6.61 Å². The van der Waals surface area contributed by atoms with Gasteiger partial charge in [-0.05, 0) is 66.2 Å². The highest BCUT2D eigenvalue weighted by Crippen LogP contribution is 2.36. The fourth-order valence-corrected chi connectivity index (χ4v) is 5.50. The number of allylic oxidation sites excluding steroid dienone is 1. The summed E-state index contributed by atoms with van der Waals surface area (Å²) >= 11 is 10.2. The van der Waals surface area contributed by atoms with Crippen molar-refractivity contribution in [2.45, 2.75) is 32.5 Å². The maximum Gasteiger partial charge on any atom is 0.163 e. The first-order valence-electron chi connectivity index (χ1n) is 13.5. The molecule has 0 amide bonds. The van der Waals surface area contributed by atoms with Crippen molar-refractivity contribution in [3.63, 3.8) is 0 Å². The largest absolute Gasteiger partial charge is 0.491 e. The summed E-state index contributed by atoms with van der Waals surface area (Å²) in [5.74, 6) is 2.77. The van der Waals surface area contributed by atoms with Crippen molar-refractivity contribution < 1.29 is 9.84 Å². The van der Waals surface area contributed by atoms with Crippen LogP contribution in [0.1, 0.15) is 28.9 Å². The van der Waals surface area contributed by atoms with E-state index in [0.717, 1.165) is 36.0 Å². The highest BCUT2D eigenvalue weighted by molar-refractivity contribution is 9.12. The lowest BCUT2D eigenvalue weighted by atomic mass is 10.1. The van der Waals surface area contributed by atoms with E-state index < -0.39 is 6.10 Å². The molecule has 1 atom stereocenters. The summed E-state index contributed by atoms with van der Waals surface area (Å²) in [6.45, 7) is 5.94. The quantitative estimate of drug-likeness (QED) is 0.284. The Morgan fingerprint density at radius 1 is 1.22 bits per heavy atom. The molecule has 12 heteroatoms. The number of ether oxygens (including phenoxy) is 1. The van der Waals surface area contributed by atoms with Gasteiger partial charge in [0, 0.05) is 50.6 Å². The van der Waals surface area contributed by atoms with E-state index >= 15 is 0 Å². The molecule has 0 saturated carbocycles. The van der Waals surface area contributed by atoms with E-state index in [4.69, 9.17) is 37.0 Å². The molecular formula is C29H34BrClN8O2. The van der Waals surface area contributed by atoms with Gasteiger partial charge in [0.15, 0.2) is 5.82 Å². The number of likely N-dealkylation sites (N-methyl/N-ethyl adjacent to an activating group) is 1. The summed E-state index contributed by atoms with van der Waals surface area (Å²) in [6, 6.07) is 9.58. The van der Waals surface area contributed by atoms with Crippen molar-refractivity contribution in [1.82, 2.24) is 20.3 Å². The van der Waals surface area contributed by atoms with E-state index in [0.29, 0.717) is 57.7 Å². The third-order valence-corrected chi connectivity index (χ3v) is 8.21. The van der Waals surface area contributed by atoms with Gasteiger partial charge < -0.3 is 30.7 Å². The van der Waals surface area contributed by atoms with Crippen LogP contribution in [0.25, 0.3) is 11.4 Å². The molecule has 1 saturated heterocycles. The number of rotatable bonds is 10. The minimum absolute atomic E-state index is 0.131. The number of nitrogens with zero attached hydrogens (tertiary/aromatic N) is 6. The Morgan fingerprint density at radius 2 is 2.02 bits per heavy atom. The summed E-state index contributed by atoms with van der Waals surface area (Å²) in [6.07, 6.45) is 2.01. The summed E-state index contributed by atoms with van der Waals surface area (Å²) < 4.78 is 6.47. The maximum atomic E-state index is 10.1. The maximum absolute atomic E-state index is 10.1. The van der Waals surface area contributed by atoms with Gasteiger partial charge in [0.1, 0.15) is 30.1 Å². The van der Waals surface area contributed by atoms with Gasteiger partial charge in [-0.15, -0.1) is 0 Å². The van der Waals surface area contributed by atoms with Crippen LogP contribution in [0.2, 0.25) is 5.02 Å². The molecule has 0 bridgehead atoms. The number of hydrogen-bond donors (Lipinski definition) is 3. The zero-order chi connectivity index (χ0) is 29.1. The summed E-state index contributed by atoms with van der Waals surface area (Å²) in [7, 11) is 3.48. The molecule has 10 nitrogen and oxygen atoms in total. The summed E-state index contributed by atoms with van der Waals surface area (Å²) in [4.78, 5) is 23.9. The van der Waals surface area contributed by atoms with Gasteiger partial charge >= 0.3 is 0 Å². The Kier molecular flexibility index (Phi) is 9.08. The first kappa shape index (κ1) is 29.2. The fraction of sp³-hybridized carbons (Fsp3) is 0.379. The molecule has 4 N–H and O–H groups in total. The van der Waals surface area contributed by atoms with Crippen LogP contribution in [0.3, 0.4) is 0 Å². The number of aromatic nitrogens is 3. The first-order chi connectivity index (χ1) is 19.8. The Labute approximate surface area is 253 Å². The van der Waals surface area contributed by atoms with Crippen molar-refractivity contribution in [2.24, 2.45) is 10.7 Å². The van der Waals surface area contributed by atoms with E-state index in [2.05, 4.69) is 48.2 Å². The monoisotopic (exact) mass is 640 g/mol. The van der Waals surface area contributed by atoms with Crippen LogP contribution in [-0.4, -0.2) is 72.2 Å². The van der Waals surface area contributed by atoms with Crippen molar-refractivity contribution in [1.29, 1.82) is 0 Å². The Balaban J connectivity index is 1.55. The molecule has 41 heavy (non-hydrogen) atoms. The number of benzene rings is 1. The molecule has 0 spiro atoms. The molecule has 0 radical (unpaired) electrons. The molecule has 0 unspecified atom stereocenters. The number of pyridine rings is 1. The summed E-state index contributed by atoms with van der Waals surface area (Å²) in [5.41, 5.74) is 10.8. The van der Waals surface area contributed by atoms with E-state index in [9.17, 15) is 5.11 Å². The number of anilines is 2. The average Bonchev–Trinajstić information content (AvgIpc) is 3.36. The van der Waals surface area contributed by atoms with Gasteiger partial charge in [-0.3, -0.25) is 4.99 Å².